The predicted molar refractivity (Wildman–Crippen MR) is 80.2 cm³/mol. The smallest absolute Gasteiger partial charge is 0.456 e. The van der Waals surface area contributed by atoms with Gasteiger partial charge in [-0.15, -0.1) is 0 Å². The van der Waals surface area contributed by atoms with E-state index in [1.54, 1.807) is 6.07 Å². The summed E-state index contributed by atoms with van der Waals surface area (Å²) in [5.74, 6) is 0.538. The number of fused-ring (bicyclic) bond motifs is 1. The lowest BCUT2D eigenvalue weighted by atomic mass is 10.1. The molecule has 3 rings (SSSR count). The van der Waals surface area contributed by atoms with E-state index in [1.807, 2.05) is 30.3 Å². The van der Waals surface area contributed by atoms with Crippen molar-refractivity contribution in [2.45, 2.75) is 5.51 Å². The molecule has 0 aliphatic carbocycles. The van der Waals surface area contributed by atoms with Gasteiger partial charge in [0.2, 0.25) is 0 Å². The van der Waals surface area contributed by atoms with Crippen molar-refractivity contribution in [2.75, 3.05) is 4.72 Å². The largest absolute Gasteiger partial charge is 0.516 e. The molecule has 0 amide bonds. The molecule has 0 radical (unpaired) electrons. The standard InChI is InChI=1S/C15H10F3NO3S/c16-15(17,18)23(20,21)19-12-6-7-13-11(8-12)9-14(22-13)10-4-2-1-3-5-10/h1-9,19H. The second-order valence-electron chi connectivity index (χ2n) is 4.78. The molecule has 0 unspecified atom stereocenters. The minimum Gasteiger partial charge on any atom is -0.456 e. The van der Waals surface area contributed by atoms with Gasteiger partial charge in [-0.3, -0.25) is 4.72 Å². The van der Waals surface area contributed by atoms with Gasteiger partial charge in [-0.2, -0.15) is 21.6 Å². The Kier molecular flexibility index (Phi) is 3.56. The van der Waals surface area contributed by atoms with Crippen LogP contribution in [0.25, 0.3) is 22.3 Å². The zero-order valence-electron chi connectivity index (χ0n) is 11.5. The number of halogens is 3. The van der Waals surface area contributed by atoms with Gasteiger partial charge >= 0.3 is 15.5 Å². The second kappa shape index (κ2) is 5.31. The minimum atomic E-state index is -5.45. The SMILES string of the molecule is O=S(=O)(Nc1ccc2oc(-c3ccccc3)cc2c1)C(F)(F)F. The molecule has 23 heavy (non-hydrogen) atoms. The molecule has 0 bridgehead atoms. The van der Waals surface area contributed by atoms with Crippen molar-refractivity contribution >= 4 is 26.7 Å². The molecule has 120 valence electrons. The molecule has 8 heteroatoms. The van der Waals surface area contributed by atoms with Gasteiger partial charge in [-0.1, -0.05) is 30.3 Å². The van der Waals surface area contributed by atoms with Gasteiger partial charge in [0.05, 0.1) is 0 Å². The summed E-state index contributed by atoms with van der Waals surface area (Å²) in [7, 11) is -5.45. The van der Waals surface area contributed by atoms with Gasteiger partial charge in [0.15, 0.2) is 0 Å². The fraction of sp³-hybridized carbons (Fsp3) is 0.0667. The Bertz CT molecular complexity index is 947. The van der Waals surface area contributed by atoms with E-state index in [9.17, 15) is 21.6 Å². The number of nitrogens with one attached hydrogen (secondary N) is 1. The molecule has 0 fully saturated rings. The van der Waals surface area contributed by atoms with Crippen LogP contribution < -0.4 is 4.72 Å². The van der Waals surface area contributed by atoms with E-state index in [1.165, 1.54) is 22.9 Å². The highest BCUT2D eigenvalue weighted by atomic mass is 32.2. The summed E-state index contributed by atoms with van der Waals surface area (Å²) >= 11 is 0. The Labute approximate surface area is 129 Å². The number of hydrogen-bond acceptors (Lipinski definition) is 3. The van der Waals surface area contributed by atoms with Crippen LogP contribution in [0.2, 0.25) is 0 Å². The Morgan fingerprint density at radius 2 is 1.65 bits per heavy atom. The van der Waals surface area contributed by atoms with Crippen LogP contribution in [0.1, 0.15) is 0 Å². The Hall–Kier alpha value is -2.48. The summed E-state index contributed by atoms with van der Waals surface area (Å²) in [6, 6.07) is 14.7. The van der Waals surface area contributed by atoms with E-state index in [2.05, 4.69) is 0 Å². The lowest BCUT2D eigenvalue weighted by Crippen LogP contribution is -2.29. The van der Waals surface area contributed by atoms with Gasteiger partial charge in [0, 0.05) is 16.6 Å². The molecule has 0 saturated carbocycles. The molecule has 3 aromatic rings. The number of rotatable bonds is 3. The van der Waals surface area contributed by atoms with E-state index in [0.29, 0.717) is 16.7 Å². The number of hydrogen-bond donors (Lipinski definition) is 1. The summed E-state index contributed by atoms with van der Waals surface area (Å²) in [6.07, 6.45) is 0. The first kappa shape index (κ1) is 15.4. The number of sulfonamides is 1. The quantitative estimate of drug-likeness (QED) is 0.770. The first-order chi connectivity index (χ1) is 10.8. The maximum absolute atomic E-state index is 12.4. The zero-order chi connectivity index (χ0) is 16.7. The van der Waals surface area contributed by atoms with Crippen LogP contribution in [-0.4, -0.2) is 13.9 Å². The summed E-state index contributed by atoms with van der Waals surface area (Å²) in [5.41, 5.74) is -4.30. The molecule has 2 aromatic carbocycles. The normalized spacial score (nSPS) is 12.5. The third kappa shape index (κ3) is 3.02. The molecule has 1 aromatic heterocycles. The fourth-order valence-electron chi connectivity index (χ4n) is 2.06. The Morgan fingerprint density at radius 1 is 0.957 bits per heavy atom. The van der Waals surface area contributed by atoms with Gasteiger partial charge in [-0.25, -0.2) is 0 Å². The van der Waals surface area contributed by atoms with E-state index in [0.717, 1.165) is 5.56 Å². The maximum Gasteiger partial charge on any atom is 0.516 e. The highest BCUT2D eigenvalue weighted by Gasteiger charge is 2.46. The summed E-state index contributed by atoms with van der Waals surface area (Å²) in [4.78, 5) is 0. The van der Waals surface area contributed by atoms with Crippen LogP contribution >= 0.6 is 0 Å². The fourth-order valence-corrected chi connectivity index (χ4v) is 2.62. The molecule has 0 saturated heterocycles. The van der Waals surface area contributed by atoms with Crippen molar-refractivity contribution in [3.05, 3.63) is 54.6 Å². The van der Waals surface area contributed by atoms with Crippen molar-refractivity contribution in [1.82, 2.24) is 0 Å². The average molecular weight is 341 g/mol. The molecule has 4 nitrogen and oxygen atoms in total. The summed E-state index contributed by atoms with van der Waals surface area (Å²) in [6.45, 7) is 0. The molecule has 0 aliphatic heterocycles. The van der Waals surface area contributed by atoms with Gasteiger partial charge in [0.1, 0.15) is 11.3 Å². The Morgan fingerprint density at radius 3 is 2.30 bits per heavy atom. The molecule has 1 N–H and O–H groups in total. The zero-order valence-corrected chi connectivity index (χ0v) is 12.3. The monoisotopic (exact) mass is 341 g/mol. The van der Waals surface area contributed by atoms with Crippen molar-refractivity contribution in [1.29, 1.82) is 0 Å². The Balaban J connectivity index is 1.97. The van der Waals surface area contributed by atoms with Crippen molar-refractivity contribution in [3.63, 3.8) is 0 Å². The van der Waals surface area contributed by atoms with Crippen molar-refractivity contribution in [2.24, 2.45) is 0 Å². The van der Waals surface area contributed by atoms with Gasteiger partial charge < -0.3 is 4.42 Å². The first-order valence-electron chi connectivity index (χ1n) is 6.44. The van der Waals surface area contributed by atoms with Crippen LogP contribution in [-0.2, 0) is 10.0 Å². The van der Waals surface area contributed by atoms with E-state index in [-0.39, 0.29) is 5.69 Å². The number of furan rings is 1. The molecule has 0 spiro atoms. The van der Waals surface area contributed by atoms with Gasteiger partial charge in [-0.05, 0) is 24.3 Å². The minimum absolute atomic E-state index is 0.185. The van der Waals surface area contributed by atoms with Crippen LogP contribution in [0, 0.1) is 0 Å². The van der Waals surface area contributed by atoms with Crippen LogP contribution in [0.15, 0.2) is 59.0 Å². The molecular formula is C15H10F3NO3S. The number of anilines is 1. The third-order valence-electron chi connectivity index (χ3n) is 3.13. The topological polar surface area (TPSA) is 59.3 Å². The lowest BCUT2D eigenvalue weighted by Gasteiger charge is -2.10. The first-order valence-corrected chi connectivity index (χ1v) is 7.93. The predicted octanol–water partition coefficient (Wildman–Crippen LogP) is 4.36. The summed E-state index contributed by atoms with van der Waals surface area (Å²) < 4.78 is 66.5. The van der Waals surface area contributed by atoms with Crippen LogP contribution in [0.5, 0.6) is 0 Å². The van der Waals surface area contributed by atoms with E-state index >= 15 is 0 Å². The molecular weight excluding hydrogens is 331 g/mol. The molecule has 1 heterocycles. The van der Waals surface area contributed by atoms with Crippen LogP contribution in [0.4, 0.5) is 18.9 Å². The number of alkyl halides is 3. The van der Waals surface area contributed by atoms with Crippen molar-refractivity contribution in [3.8, 4) is 11.3 Å². The average Bonchev–Trinajstić information content (AvgIpc) is 2.90. The van der Waals surface area contributed by atoms with E-state index < -0.39 is 15.5 Å². The number of benzene rings is 2. The highest BCUT2D eigenvalue weighted by molar-refractivity contribution is 7.93. The summed E-state index contributed by atoms with van der Waals surface area (Å²) in [5, 5.41) is 0.492. The van der Waals surface area contributed by atoms with Gasteiger partial charge in [0.25, 0.3) is 0 Å². The van der Waals surface area contributed by atoms with E-state index in [4.69, 9.17) is 4.42 Å². The maximum atomic E-state index is 12.4. The second-order valence-corrected chi connectivity index (χ2v) is 6.45. The van der Waals surface area contributed by atoms with Crippen molar-refractivity contribution < 1.29 is 26.0 Å². The molecule has 0 aliphatic rings. The third-order valence-corrected chi connectivity index (χ3v) is 4.25. The highest BCUT2D eigenvalue weighted by Crippen LogP contribution is 2.31. The molecule has 0 atom stereocenters. The lowest BCUT2D eigenvalue weighted by molar-refractivity contribution is -0.0429. The van der Waals surface area contributed by atoms with Crippen LogP contribution in [0.3, 0.4) is 0 Å².